The molecule has 1 aliphatic carbocycles. The van der Waals surface area contributed by atoms with E-state index in [9.17, 15) is 4.39 Å². The normalized spacial score (nSPS) is 25.4. The van der Waals surface area contributed by atoms with Crippen LogP contribution in [0.5, 0.6) is 0 Å². The van der Waals surface area contributed by atoms with Gasteiger partial charge in [-0.25, -0.2) is 4.39 Å². The highest BCUT2D eigenvalue weighted by Crippen LogP contribution is 2.35. The quantitative estimate of drug-likeness (QED) is 0.728. The third-order valence-corrected chi connectivity index (χ3v) is 4.73. The summed E-state index contributed by atoms with van der Waals surface area (Å²) in [4.78, 5) is 0. The Morgan fingerprint density at radius 1 is 1.05 bits per heavy atom. The van der Waals surface area contributed by atoms with Crippen molar-refractivity contribution in [2.75, 3.05) is 0 Å². The summed E-state index contributed by atoms with van der Waals surface area (Å²) in [5.41, 5.74) is 1.32. The Hall–Kier alpha value is -0.890. The van der Waals surface area contributed by atoms with Crippen molar-refractivity contribution in [3.8, 4) is 0 Å². The van der Waals surface area contributed by atoms with Crippen LogP contribution in [0.25, 0.3) is 0 Å². The Labute approximate surface area is 129 Å². The van der Waals surface area contributed by atoms with Gasteiger partial charge in [-0.15, -0.1) is 0 Å². The van der Waals surface area contributed by atoms with Crippen LogP contribution in [-0.2, 0) is 0 Å². The van der Waals surface area contributed by atoms with Crippen LogP contribution in [-0.4, -0.2) is 6.04 Å². The molecule has 1 aromatic rings. The molecule has 1 fully saturated rings. The smallest absolute Gasteiger partial charge is 0.123 e. The molecule has 0 saturated heterocycles. The molecule has 0 heterocycles. The van der Waals surface area contributed by atoms with Crippen molar-refractivity contribution in [2.24, 2.45) is 11.3 Å². The van der Waals surface area contributed by atoms with Crippen molar-refractivity contribution in [1.29, 1.82) is 0 Å². The first kappa shape index (κ1) is 16.5. The van der Waals surface area contributed by atoms with E-state index in [4.69, 9.17) is 0 Å². The summed E-state index contributed by atoms with van der Waals surface area (Å²) < 4.78 is 13.2. The zero-order valence-electron chi connectivity index (χ0n) is 14.0. The molecule has 1 nitrogen and oxygen atoms in total. The van der Waals surface area contributed by atoms with Crippen LogP contribution in [0.15, 0.2) is 24.3 Å². The largest absolute Gasteiger partial charge is 0.307 e. The van der Waals surface area contributed by atoms with Crippen molar-refractivity contribution >= 4 is 0 Å². The van der Waals surface area contributed by atoms with E-state index in [1.165, 1.54) is 37.7 Å². The second-order valence-electron chi connectivity index (χ2n) is 7.83. The molecular formula is C19H30FN. The predicted molar refractivity (Wildman–Crippen MR) is 87.8 cm³/mol. The van der Waals surface area contributed by atoms with Crippen LogP contribution >= 0.6 is 0 Å². The number of hydrogen-bond acceptors (Lipinski definition) is 1. The zero-order chi connectivity index (χ0) is 15.5. The molecule has 3 atom stereocenters. The predicted octanol–water partition coefficient (Wildman–Crippen LogP) is 5.47. The molecule has 21 heavy (non-hydrogen) atoms. The molecule has 1 N–H and O–H groups in total. The minimum atomic E-state index is -0.158. The van der Waals surface area contributed by atoms with E-state index in [-0.39, 0.29) is 17.3 Å². The SMILES string of the molecule is CC1CCCC(NC(c2ccc(F)cc2)C(C)(C)C)CC1. The van der Waals surface area contributed by atoms with Gasteiger partial charge in [0.1, 0.15) is 5.82 Å². The molecule has 0 spiro atoms. The van der Waals surface area contributed by atoms with Gasteiger partial charge in [-0.2, -0.15) is 0 Å². The molecule has 3 unspecified atom stereocenters. The van der Waals surface area contributed by atoms with Crippen LogP contribution in [0.3, 0.4) is 0 Å². The van der Waals surface area contributed by atoms with Gasteiger partial charge in [0.25, 0.3) is 0 Å². The lowest BCUT2D eigenvalue weighted by Gasteiger charge is -2.35. The number of hydrogen-bond donors (Lipinski definition) is 1. The first-order valence-corrected chi connectivity index (χ1v) is 8.38. The first-order valence-electron chi connectivity index (χ1n) is 8.38. The Balaban J connectivity index is 2.11. The second kappa shape index (κ2) is 6.91. The Bertz CT molecular complexity index is 432. The van der Waals surface area contributed by atoms with Gasteiger partial charge >= 0.3 is 0 Å². The molecule has 0 aromatic heterocycles. The molecule has 0 aliphatic heterocycles. The van der Waals surface area contributed by atoms with Crippen molar-refractivity contribution in [3.63, 3.8) is 0 Å². The average Bonchev–Trinajstić information content (AvgIpc) is 2.61. The summed E-state index contributed by atoms with van der Waals surface area (Å²) in [6.45, 7) is 9.14. The molecule has 2 rings (SSSR count). The van der Waals surface area contributed by atoms with Crippen LogP contribution in [0.4, 0.5) is 4.39 Å². The van der Waals surface area contributed by atoms with E-state index < -0.39 is 0 Å². The fraction of sp³-hybridized carbons (Fsp3) is 0.684. The first-order chi connectivity index (χ1) is 9.86. The number of nitrogens with one attached hydrogen (secondary N) is 1. The standard InChI is InChI=1S/C19H30FN/c1-14-6-5-7-17(13-8-14)21-18(19(2,3)4)15-9-11-16(20)12-10-15/h9-12,14,17-18,21H,5-8,13H2,1-4H3. The lowest BCUT2D eigenvalue weighted by atomic mass is 9.81. The third kappa shape index (κ3) is 4.81. The minimum Gasteiger partial charge on any atom is -0.307 e. The lowest BCUT2D eigenvalue weighted by Crippen LogP contribution is -2.39. The van der Waals surface area contributed by atoms with Gasteiger partial charge < -0.3 is 5.32 Å². The van der Waals surface area contributed by atoms with E-state index in [1.807, 2.05) is 12.1 Å². The van der Waals surface area contributed by atoms with Gasteiger partial charge in [-0.05, 0) is 48.3 Å². The van der Waals surface area contributed by atoms with E-state index in [0.29, 0.717) is 6.04 Å². The molecule has 2 heteroatoms. The Morgan fingerprint density at radius 2 is 1.71 bits per heavy atom. The lowest BCUT2D eigenvalue weighted by molar-refractivity contribution is 0.239. The maximum absolute atomic E-state index is 13.2. The third-order valence-electron chi connectivity index (χ3n) is 4.73. The molecule has 1 aliphatic rings. The summed E-state index contributed by atoms with van der Waals surface area (Å²) in [5, 5.41) is 3.87. The van der Waals surface area contributed by atoms with Crippen molar-refractivity contribution in [2.45, 2.75) is 71.9 Å². The summed E-state index contributed by atoms with van der Waals surface area (Å²) in [6, 6.07) is 7.87. The maximum Gasteiger partial charge on any atom is 0.123 e. The van der Waals surface area contributed by atoms with Crippen LogP contribution < -0.4 is 5.32 Å². The van der Waals surface area contributed by atoms with Crippen LogP contribution in [0.2, 0.25) is 0 Å². The number of rotatable bonds is 3. The number of benzene rings is 1. The van der Waals surface area contributed by atoms with Crippen LogP contribution in [0, 0.1) is 17.2 Å². The van der Waals surface area contributed by atoms with E-state index in [1.54, 1.807) is 12.1 Å². The zero-order valence-corrected chi connectivity index (χ0v) is 14.0. The van der Waals surface area contributed by atoms with Gasteiger partial charge in [-0.1, -0.05) is 52.7 Å². The highest BCUT2D eigenvalue weighted by atomic mass is 19.1. The molecule has 0 amide bonds. The van der Waals surface area contributed by atoms with Gasteiger partial charge in [0, 0.05) is 12.1 Å². The Kier molecular flexibility index (Phi) is 5.43. The van der Waals surface area contributed by atoms with Crippen molar-refractivity contribution < 1.29 is 4.39 Å². The van der Waals surface area contributed by atoms with E-state index >= 15 is 0 Å². The monoisotopic (exact) mass is 291 g/mol. The molecule has 0 bridgehead atoms. The highest BCUT2D eigenvalue weighted by Gasteiger charge is 2.29. The van der Waals surface area contributed by atoms with Crippen LogP contribution in [0.1, 0.15) is 71.4 Å². The van der Waals surface area contributed by atoms with Gasteiger partial charge in [0.15, 0.2) is 0 Å². The van der Waals surface area contributed by atoms with E-state index in [0.717, 1.165) is 5.92 Å². The highest BCUT2D eigenvalue weighted by molar-refractivity contribution is 5.22. The van der Waals surface area contributed by atoms with Crippen molar-refractivity contribution in [1.82, 2.24) is 5.32 Å². The minimum absolute atomic E-state index is 0.121. The molecular weight excluding hydrogens is 261 g/mol. The molecule has 0 radical (unpaired) electrons. The molecule has 118 valence electrons. The van der Waals surface area contributed by atoms with Gasteiger partial charge in [-0.3, -0.25) is 0 Å². The summed E-state index contributed by atoms with van der Waals surface area (Å²) in [6.07, 6.45) is 6.51. The fourth-order valence-electron chi connectivity index (χ4n) is 3.39. The summed E-state index contributed by atoms with van der Waals surface area (Å²) >= 11 is 0. The second-order valence-corrected chi connectivity index (χ2v) is 7.83. The van der Waals surface area contributed by atoms with Gasteiger partial charge in [0.2, 0.25) is 0 Å². The average molecular weight is 291 g/mol. The molecule has 1 saturated carbocycles. The van der Waals surface area contributed by atoms with Crippen molar-refractivity contribution in [3.05, 3.63) is 35.6 Å². The topological polar surface area (TPSA) is 12.0 Å². The molecule has 1 aromatic carbocycles. The van der Waals surface area contributed by atoms with Gasteiger partial charge in [0.05, 0.1) is 0 Å². The summed E-state index contributed by atoms with van der Waals surface area (Å²) in [5.74, 6) is 0.699. The number of halogens is 1. The maximum atomic E-state index is 13.2. The summed E-state index contributed by atoms with van der Waals surface area (Å²) in [7, 11) is 0. The fourth-order valence-corrected chi connectivity index (χ4v) is 3.39. The van der Waals surface area contributed by atoms with E-state index in [2.05, 4.69) is 33.0 Å². The Morgan fingerprint density at radius 3 is 2.33 bits per heavy atom.